The lowest BCUT2D eigenvalue weighted by Crippen LogP contribution is -2.52. The molecule has 1 aliphatic heterocycles. The van der Waals surface area contributed by atoms with Crippen molar-refractivity contribution >= 4 is 29.9 Å². The van der Waals surface area contributed by atoms with Crippen LogP contribution in [0, 0.1) is 5.82 Å². The van der Waals surface area contributed by atoms with Gasteiger partial charge in [0.05, 0.1) is 12.1 Å². The average Bonchev–Trinajstić information content (AvgIpc) is 2.31. The molecule has 7 heteroatoms. The van der Waals surface area contributed by atoms with Crippen LogP contribution in [0.15, 0.2) is 18.2 Å². The number of aliphatic hydroxyl groups is 1. The summed E-state index contributed by atoms with van der Waals surface area (Å²) in [4.78, 5) is 11.9. The third-order valence-electron chi connectivity index (χ3n) is 2.89. The highest BCUT2D eigenvalue weighted by Gasteiger charge is 2.24. The average molecular weight is 309 g/mol. The third kappa shape index (κ3) is 4.31. The Bertz CT molecular complexity index is 439. The van der Waals surface area contributed by atoms with Gasteiger partial charge in [-0.2, -0.15) is 0 Å². The zero-order valence-electron chi connectivity index (χ0n) is 10.0. The fourth-order valence-electron chi connectivity index (χ4n) is 1.95. The van der Waals surface area contributed by atoms with Crippen LogP contribution in [0.25, 0.3) is 0 Å². The van der Waals surface area contributed by atoms with Gasteiger partial charge in [-0.15, -0.1) is 12.4 Å². The summed E-state index contributed by atoms with van der Waals surface area (Å²) in [6.07, 6.45) is 0.00222. The molecule has 1 aromatic rings. The van der Waals surface area contributed by atoms with Crippen molar-refractivity contribution in [1.29, 1.82) is 0 Å². The van der Waals surface area contributed by atoms with Crippen molar-refractivity contribution in [2.24, 2.45) is 0 Å². The molecule has 0 bridgehead atoms. The normalized spacial score (nSPS) is 22.5. The van der Waals surface area contributed by atoms with E-state index >= 15 is 0 Å². The molecule has 3 N–H and O–H groups in total. The lowest BCUT2D eigenvalue weighted by atomic mass is 10.0. The summed E-state index contributed by atoms with van der Waals surface area (Å²) in [6.45, 7) is 1.17. The Hall–Kier alpha value is -0.880. The largest absolute Gasteiger partial charge is 0.390 e. The quantitative estimate of drug-likeness (QED) is 0.773. The Morgan fingerprint density at radius 3 is 2.84 bits per heavy atom. The molecular formula is C12H15Cl2FN2O2. The smallest absolute Gasteiger partial charge is 0.251 e. The van der Waals surface area contributed by atoms with Gasteiger partial charge in [0.1, 0.15) is 5.82 Å². The van der Waals surface area contributed by atoms with Gasteiger partial charge >= 0.3 is 0 Å². The first-order valence-corrected chi connectivity index (χ1v) is 6.10. The number of benzene rings is 1. The second-order valence-corrected chi connectivity index (χ2v) is 4.73. The molecule has 1 aromatic carbocycles. The molecule has 19 heavy (non-hydrogen) atoms. The number of hydrogen-bond donors (Lipinski definition) is 3. The minimum atomic E-state index is -0.633. The maximum Gasteiger partial charge on any atom is 0.251 e. The molecule has 2 atom stereocenters. The zero-order valence-corrected chi connectivity index (χ0v) is 11.6. The van der Waals surface area contributed by atoms with Crippen LogP contribution in [0.2, 0.25) is 5.02 Å². The minimum Gasteiger partial charge on any atom is -0.390 e. The van der Waals surface area contributed by atoms with Gasteiger partial charge in [-0.05, 0) is 31.2 Å². The first kappa shape index (κ1) is 16.2. The van der Waals surface area contributed by atoms with Crippen molar-refractivity contribution in [1.82, 2.24) is 10.6 Å². The molecule has 2 rings (SSSR count). The van der Waals surface area contributed by atoms with E-state index in [9.17, 15) is 14.3 Å². The number of aliphatic hydroxyl groups excluding tert-OH is 1. The van der Waals surface area contributed by atoms with E-state index in [1.165, 1.54) is 6.07 Å². The van der Waals surface area contributed by atoms with E-state index < -0.39 is 17.8 Å². The molecule has 0 radical (unpaired) electrons. The number of carbonyl (C=O) groups is 1. The molecule has 1 fully saturated rings. The van der Waals surface area contributed by atoms with E-state index in [-0.39, 0.29) is 29.0 Å². The second-order valence-electron chi connectivity index (χ2n) is 4.30. The molecule has 0 spiro atoms. The van der Waals surface area contributed by atoms with Crippen molar-refractivity contribution in [3.63, 3.8) is 0 Å². The number of piperidine rings is 1. The molecule has 1 heterocycles. The van der Waals surface area contributed by atoms with Crippen LogP contribution in [0.1, 0.15) is 16.8 Å². The van der Waals surface area contributed by atoms with Crippen LogP contribution in [0.4, 0.5) is 4.39 Å². The van der Waals surface area contributed by atoms with E-state index in [0.29, 0.717) is 13.0 Å². The maximum atomic E-state index is 13.1. The maximum absolute atomic E-state index is 13.1. The molecule has 0 saturated carbocycles. The van der Waals surface area contributed by atoms with Gasteiger partial charge in [0, 0.05) is 17.1 Å². The Balaban J connectivity index is 0.00000180. The predicted octanol–water partition coefficient (Wildman–Crippen LogP) is 1.35. The number of hydrogen-bond acceptors (Lipinski definition) is 3. The number of amides is 1. The molecule has 4 nitrogen and oxygen atoms in total. The molecule has 0 unspecified atom stereocenters. The molecule has 106 valence electrons. The summed E-state index contributed by atoms with van der Waals surface area (Å²) < 4.78 is 13.1. The molecular weight excluding hydrogens is 294 g/mol. The van der Waals surface area contributed by atoms with Crippen molar-refractivity contribution in [2.45, 2.75) is 18.6 Å². The van der Waals surface area contributed by atoms with Gasteiger partial charge < -0.3 is 15.7 Å². The summed E-state index contributed by atoms with van der Waals surface area (Å²) >= 11 is 5.69. The van der Waals surface area contributed by atoms with Crippen molar-refractivity contribution in [3.8, 4) is 0 Å². The van der Waals surface area contributed by atoms with Gasteiger partial charge in [0.2, 0.25) is 0 Å². The number of carbonyl (C=O) groups excluding carboxylic acids is 1. The first-order valence-electron chi connectivity index (χ1n) is 5.72. The standard InChI is InChI=1S/C12H14ClFN2O2.ClH/c13-8-3-7(4-9(14)5-8)12(18)16-10-1-2-15-6-11(10)17;/h3-5,10-11,15,17H,1-2,6H2,(H,16,18);1H/t10-,11-;/m1./s1. The lowest BCUT2D eigenvalue weighted by Gasteiger charge is -2.29. The highest BCUT2D eigenvalue weighted by atomic mass is 35.5. The van der Waals surface area contributed by atoms with Gasteiger partial charge in [-0.25, -0.2) is 4.39 Å². The molecule has 1 aliphatic rings. The summed E-state index contributed by atoms with van der Waals surface area (Å²) in [5, 5.41) is 15.6. The van der Waals surface area contributed by atoms with Gasteiger partial charge in [-0.3, -0.25) is 4.79 Å². The van der Waals surface area contributed by atoms with Crippen LogP contribution in [0.3, 0.4) is 0 Å². The van der Waals surface area contributed by atoms with E-state index in [2.05, 4.69) is 10.6 Å². The zero-order chi connectivity index (χ0) is 13.1. The Kier molecular flexibility index (Phi) is 6.00. The van der Waals surface area contributed by atoms with Crippen LogP contribution >= 0.6 is 24.0 Å². The van der Waals surface area contributed by atoms with E-state index in [0.717, 1.165) is 18.7 Å². The summed E-state index contributed by atoms with van der Waals surface area (Å²) in [5.74, 6) is -0.985. The van der Waals surface area contributed by atoms with E-state index in [1.54, 1.807) is 0 Å². The van der Waals surface area contributed by atoms with E-state index in [4.69, 9.17) is 11.6 Å². The highest BCUT2D eigenvalue weighted by Crippen LogP contribution is 2.14. The topological polar surface area (TPSA) is 61.4 Å². The van der Waals surface area contributed by atoms with Gasteiger partial charge in [0.15, 0.2) is 0 Å². The van der Waals surface area contributed by atoms with Crippen LogP contribution in [-0.4, -0.2) is 36.2 Å². The first-order chi connectivity index (χ1) is 8.56. The van der Waals surface area contributed by atoms with Crippen LogP contribution in [-0.2, 0) is 0 Å². The summed E-state index contributed by atoms with van der Waals surface area (Å²) in [6, 6.07) is 3.33. The number of nitrogens with one attached hydrogen (secondary N) is 2. The van der Waals surface area contributed by atoms with Gasteiger partial charge in [0.25, 0.3) is 5.91 Å². The number of rotatable bonds is 2. The molecule has 0 aromatic heterocycles. The molecule has 1 amide bonds. The van der Waals surface area contributed by atoms with Crippen molar-refractivity contribution < 1.29 is 14.3 Å². The second kappa shape index (κ2) is 7.05. The van der Waals surface area contributed by atoms with Crippen molar-refractivity contribution in [2.75, 3.05) is 13.1 Å². The van der Waals surface area contributed by atoms with Crippen LogP contribution in [0.5, 0.6) is 0 Å². The Morgan fingerprint density at radius 2 is 2.21 bits per heavy atom. The fraction of sp³-hybridized carbons (Fsp3) is 0.417. The Labute approximate surface area is 121 Å². The number of β-amino-alcohol motifs (C(OH)–C–C–N with tert-alkyl or cyclic N) is 1. The monoisotopic (exact) mass is 308 g/mol. The lowest BCUT2D eigenvalue weighted by molar-refractivity contribution is 0.0765. The predicted molar refractivity (Wildman–Crippen MR) is 73.4 cm³/mol. The highest BCUT2D eigenvalue weighted by molar-refractivity contribution is 6.31. The summed E-state index contributed by atoms with van der Waals surface area (Å²) in [5.41, 5.74) is 0.158. The fourth-order valence-corrected chi connectivity index (χ4v) is 2.17. The van der Waals surface area contributed by atoms with E-state index in [1.807, 2.05) is 0 Å². The van der Waals surface area contributed by atoms with Crippen molar-refractivity contribution in [3.05, 3.63) is 34.6 Å². The molecule has 1 saturated heterocycles. The van der Waals surface area contributed by atoms with Gasteiger partial charge in [-0.1, -0.05) is 11.6 Å². The minimum absolute atomic E-state index is 0. The van der Waals surface area contributed by atoms with Crippen LogP contribution < -0.4 is 10.6 Å². The summed E-state index contributed by atoms with van der Waals surface area (Å²) in [7, 11) is 0. The SMILES string of the molecule is Cl.O=C(N[C@@H]1CCNC[C@H]1O)c1cc(F)cc(Cl)c1. The third-order valence-corrected chi connectivity index (χ3v) is 3.11. The number of halogens is 3. The Morgan fingerprint density at radius 1 is 1.47 bits per heavy atom. The molecule has 0 aliphatic carbocycles.